The van der Waals surface area contributed by atoms with Crippen LogP contribution in [0.3, 0.4) is 0 Å². The number of aromatic nitrogens is 2. The van der Waals surface area contributed by atoms with Crippen LogP contribution in [0.5, 0.6) is 11.5 Å². The summed E-state index contributed by atoms with van der Waals surface area (Å²) in [6, 6.07) is 23.5. The molecule has 1 aliphatic rings. The van der Waals surface area contributed by atoms with Crippen LogP contribution in [0.1, 0.15) is 91.3 Å². The van der Waals surface area contributed by atoms with Crippen LogP contribution in [0.2, 0.25) is 15.1 Å². The normalized spacial score (nSPS) is 11.1. The molecule has 5 aromatic rings. The molecule has 0 saturated heterocycles. The Morgan fingerprint density at radius 2 is 0.935 bits per heavy atom. The maximum atomic E-state index is 11.9. The topological polar surface area (TPSA) is 244 Å². The largest absolute Gasteiger partial charge is 0.507 e. The van der Waals surface area contributed by atoms with Crippen molar-refractivity contribution in [2.24, 2.45) is 0 Å². The van der Waals surface area contributed by atoms with E-state index in [1.807, 2.05) is 31.2 Å². The van der Waals surface area contributed by atoms with Gasteiger partial charge in [0.25, 0.3) is 11.1 Å². The van der Waals surface area contributed by atoms with Gasteiger partial charge in [-0.05, 0) is 98.9 Å². The van der Waals surface area contributed by atoms with Gasteiger partial charge in [0.1, 0.15) is 40.0 Å². The first-order valence-electron chi connectivity index (χ1n) is 23.5. The van der Waals surface area contributed by atoms with Crippen molar-refractivity contribution in [3.63, 3.8) is 0 Å². The van der Waals surface area contributed by atoms with Crippen molar-refractivity contribution in [2.45, 2.75) is 73.5 Å². The van der Waals surface area contributed by atoms with Crippen molar-refractivity contribution in [3.8, 4) is 11.5 Å². The summed E-state index contributed by atoms with van der Waals surface area (Å²) < 4.78 is 21.9. The van der Waals surface area contributed by atoms with E-state index >= 15 is 0 Å². The summed E-state index contributed by atoms with van der Waals surface area (Å²) >= 11 is 23.7. The Labute approximate surface area is 464 Å². The average molecular weight is 1140 g/mol. The van der Waals surface area contributed by atoms with Crippen molar-refractivity contribution >= 4 is 82.2 Å². The molecule has 6 rings (SSSR count). The van der Waals surface area contributed by atoms with Crippen molar-refractivity contribution in [1.29, 1.82) is 0 Å². The molecule has 0 spiro atoms. The van der Waals surface area contributed by atoms with Gasteiger partial charge in [-0.3, -0.25) is 19.2 Å². The highest BCUT2D eigenvalue weighted by Gasteiger charge is 2.22. The van der Waals surface area contributed by atoms with Crippen molar-refractivity contribution in [3.05, 3.63) is 196 Å². The second kappa shape index (κ2) is 34.8. The molecule has 77 heavy (non-hydrogen) atoms. The number of rotatable bonds is 17. The fourth-order valence-corrected chi connectivity index (χ4v) is 6.94. The minimum Gasteiger partial charge on any atom is -0.507 e. The van der Waals surface area contributed by atoms with E-state index in [9.17, 15) is 43.8 Å². The number of carbonyl (C=O) groups excluding carboxylic acids is 7. The molecule has 1 aliphatic heterocycles. The minimum atomic E-state index is -0.667. The maximum Gasteiger partial charge on any atom is 0.373 e. The standard InChI is InChI=1S/C16H15Cl2NO2.2C15H14ClNO4.C8H14O3.CO2/c1-3-21-16(20)14-10-19(15(18)8-11(14)2)9-12-4-6-13(17)7-5-12;2*1-2-21-15(20)12-9-17(14(19)7-13(12)18)8-10-3-5-11(16)6-4-10;1-3-5-7(9)6-8(10)11-4-2;2-1-3/h4-8,10H,2-3,9H2,1H3;2*3-7,9,18H,2,8H2,1H3;3-6H2,1-2H3;. The van der Waals surface area contributed by atoms with Crippen LogP contribution in [-0.4, -0.2) is 86.5 Å². The average Bonchev–Trinajstić information content (AvgIpc) is 3.37. The molecule has 0 fully saturated rings. The minimum absolute atomic E-state index is 0.0362. The molecular formula is C55H57Cl4N3O15. The maximum absolute atomic E-state index is 11.9. The molecule has 0 saturated carbocycles. The lowest BCUT2D eigenvalue weighted by molar-refractivity contribution is -0.191. The number of carbonyl (C=O) groups is 5. The van der Waals surface area contributed by atoms with Gasteiger partial charge in [-0.1, -0.05) is 96.3 Å². The zero-order valence-electron chi connectivity index (χ0n) is 42.7. The number of hydrogen-bond donors (Lipinski definition) is 2. The van der Waals surface area contributed by atoms with Crippen LogP contribution in [0.4, 0.5) is 0 Å². The molecule has 2 aromatic heterocycles. The van der Waals surface area contributed by atoms with Gasteiger partial charge in [-0.15, -0.1) is 0 Å². The molecular weight excluding hydrogens is 1080 g/mol. The Kier molecular flexibility index (Phi) is 29.5. The summed E-state index contributed by atoms with van der Waals surface area (Å²) in [6.45, 7) is 14.7. The van der Waals surface area contributed by atoms with Crippen LogP contribution >= 0.6 is 46.4 Å². The number of esters is 4. The lowest BCUT2D eigenvalue weighted by Crippen LogP contribution is -2.21. The highest BCUT2D eigenvalue weighted by molar-refractivity contribution is 6.31. The third-order valence-corrected chi connectivity index (χ3v) is 10.9. The zero-order valence-corrected chi connectivity index (χ0v) is 45.7. The van der Waals surface area contributed by atoms with Gasteiger partial charge in [0.05, 0.1) is 45.1 Å². The van der Waals surface area contributed by atoms with Crippen LogP contribution < -0.4 is 11.1 Å². The molecule has 0 unspecified atom stereocenters. The number of aromatic hydroxyl groups is 2. The van der Waals surface area contributed by atoms with Crippen LogP contribution in [0, 0.1) is 0 Å². The van der Waals surface area contributed by atoms with E-state index in [1.54, 1.807) is 93.4 Å². The molecule has 0 radical (unpaired) electrons. The van der Waals surface area contributed by atoms with Gasteiger partial charge in [0.2, 0.25) is 0 Å². The molecule has 3 heterocycles. The Bertz CT molecular complexity index is 2880. The second-order valence-electron chi connectivity index (χ2n) is 15.6. The first-order valence-corrected chi connectivity index (χ1v) is 25.0. The molecule has 0 bridgehead atoms. The SMILES string of the molecule is C=C1C=C(Cl)N(Cc2ccc(Cl)cc2)C=C1C(=O)OCC.CCCC(=O)CC(=O)OCC.CCOC(=O)c1cn(Cc2ccc(Cl)cc2)c(=O)cc1O.CCOC(=O)c1cn(Cc2ccc(Cl)cc2)c(=O)cc1O.O=C=O. The summed E-state index contributed by atoms with van der Waals surface area (Å²) in [5, 5.41) is 21.7. The molecule has 0 amide bonds. The van der Waals surface area contributed by atoms with Gasteiger partial charge in [-0.25, -0.2) is 14.4 Å². The van der Waals surface area contributed by atoms with E-state index < -0.39 is 35.0 Å². The number of pyridine rings is 2. The van der Waals surface area contributed by atoms with Gasteiger partial charge in [0, 0.05) is 58.8 Å². The van der Waals surface area contributed by atoms with Gasteiger partial charge in [0.15, 0.2) is 0 Å². The Balaban J connectivity index is 0.000000353. The van der Waals surface area contributed by atoms with Gasteiger partial charge < -0.3 is 43.2 Å². The first-order chi connectivity index (χ1) is 36.6. The highest BCUT2D eigenvalue weighted by Crippen LogP contribution is 2.28. The zero-order chi connectivity index (χ0) is 57.6. The van der Waals surface area contributed by atoms with Crippen molar-refractivity contribution < 1.29 is 62.7 Å². The van der Waals surface area contributed by atoms with E-state index in [1.165, 1.54) is 21.5 Å². The molecule has 22 heteroatoms. The van der Waals surface area contributed by atoms with Crippen LogP contribution in [0.25, 0.3) is 0 Å². The second-order valence-corrected chi connectivity index (χ2v) is 17.3. The number of halogens is 4. The third kappa shape index (κ3) is 23.4. The van der Waals surface area contributed by atoms with E-state index in [-0.39, 0.29) is 67.3 Å². The quantitative estimate of drug-likeness (QED) is 0.0381. The Hall–Kier alpha value is -7.73. The molecule has 410 valence electrons. The predicted molar refractivity (Wildman–Crippen MR) is 289 cm³/mol. The third-order valence-electron chi connectivity index (χ3n) is 9.87. The summed E-state index contributed by atoms with van der Waals surface area (Å²) in [5.74, 6) is -2.95. The van der Waals surface area contributed by atoms with E-state index in [2.05, 4.69) is 11.3 Å². The molecule has 2 N–H and O–H groups in total. The van der Waals surface area contributed by atoms with E-state index in [0.29, 0.717) is 57.5 Å². The lowest BCUT2D eigenvalue weighted by Gasteiger charge is -2.25. The van der Waals surface area contributed by atoms with Gasteiger partial charge >= 0.3 is 30.0 Å². The molecule has 3 aromatic carbocycles. The number of nitrogens with zero attached hydrogens (tertiary/aromatic N) is 3. The summed E-state index contributed by atoms with van der Waals surface area (Å²) in [6.07, 6.45) is 7.36. The monoisotopic (exact) mass is 1140 g/mol. The summed E-state index contributed by atoms with van der Waals surface area (Å²) in [4.78, 5) is 98.6. The summed E-state index contributed by atoms with van der Waals surface area (Å²) in [5.41, 5.74) is 2.80. The number of hydrogen-bond acceptors (Lipinski definition) is 16. The van der Waals surface area contributed by atoms with Crippen molar-refractivity contribution in [2.75, 3.05) is 26.4 Å². The smallest absolute Gasteiger partial charge is 0.373 e. The van der Waals surface area contributed by atoms with Crippen molar-refractivity contribution in [1.82, 2.24) is 14.0 Å². The number of Topliss-reactive ketones (excluding diaryl/α,β-unsaturated/α-hetero) is 1. The van der Waals surface area contributed by atoms with Crippen LogP contribution in [-0.2, 0) is 62.6 Å². The molecule has 0 atom stereocenters. The van der Waals surface area contributed by atoms with E-state index in [4.69, 9.17) is 70.2 Å². The number of benzene rings is 3. The Morgan fingerprint density at radius 1 is 0.571 bits per heavy atom. The fraction of sp³-hybridized carbons (Fsp3) is 0.273. The van der Waals surface area contributed by atoms with Gasteiger partial charge in [-0.2, -0.15) is 9.59 Å². The first kappa shape index (κ1) is 65.4. The van der Waals surface area contributed by atoms with Crippen LogP contribution in [0.15, 0.2) is 142 Å². The highest BCUT2D eigenvalue weighted by atomic mass is 35.5. The summed E-state index contributed by atoms with van der Waals surface area (Å²) in [7, 11) is 0. The van der Waals surface area contributed by atoms with E-state index in [0.717, 1.165) is 35.2 Å². The predicted octanol–water partition coefficient (Wildman–Crippen LogP) is 9.83. The molecule has 0 aliphatic carbocycles. The number of ketones is 1. The number of ether oxygens (including phenoxy) is 4. The number of allylic oxidation sites excluding steroid dienone is 1. The Morgan fingerprint density at radius 3 is 1.30 bits per heavy atom. The molecule has 18 nitrogen and oxygen atoms in total. The fourth-order valence-electron chi connectivity index (χ4n) is 6.32. The lowest BCUT2D eigenvalue weighted by atomic mass is 10.1.